The van der Waals surface area contributed by atoms with Crippen LogP contribution in [0.5, 0.6) is 0 Å². The molecule has 124 valence electrons. The molecule has 3 fully saturated rings. The van der Waals surface area contributed by atoms with Gasteiger partial charge in [0.15, 0.2) is 0 Å². The summed E-state index contributed by atoms with van der Waals surface area (Å²) in [6.07, 6.45) is 3.48. The summed E-state index contributed by atoms with van der Waals surface area (Å²) < 4.78 is 5.49. The standard InChI is InChI=1S/C16H26N2O3S/c1-3-21-10-12-5-8-17(9-6-12)15(20)13-11-22-16(2)7-4-14(19)18(13)16/h12-13H,3-11H2,1-2H3. The van der Waals surface area contributed by atoms with Crippen molar-refractivity contribution >= 4 is 23.6 Å². The molecule has 0 aromatic heterocycles. The minimum absolute atomic E-state index is 0.148. The summed E-state index contributed by atoms with van der Waals surface area (Å²) in [5, 5.41) is 0. The first kappa shape index (κ1) is 16.1. The minimum atomic E-state index is -0.242. The zero-order valence-electron chi connectivity index (χ0n) is 13.5. The van der Waals surface area contributed by atoms with Gasteiger partial charge in [0.1, 0.15) is 6.04 Å². The van der Waals surface area contributed by atoms with Crippen molar-refractivity contribution in [3.05, 3.63) is 0 Å². The van der Waals surface area contributed by atoms with Crippen LogP contribution in [-0.4, -0.2) is 64.6 Å². The van der Waals surface area contributed by atoms with Gasteiger partial charge in [0.25, 0.3) is 0 Å². The third kappa shape index (κ3) is 2.87. The molecule has 0 spiro atoms. The van der Waals surface area contributed by atoms with Gasteiger partial charge >= 0.3 is 0 Å². The largest absolute Gasteiger partial charge is 0.381 e. The number of nitrogens with zero attached hydrogens (tertiary/aromatic N) is 2. The zero-order valence-corrected chi connectivity index (χ0v) is 14.4. The van der Waals surface area contributed by atoms with E-state index < -0.39 is 0 Å². The highest BCUT2D eigenvalue weighted by Crippen LogP contribution is 2.47. The molecule has 3 saturated heterocycles. The zero-order chi connectivity index (χ0) is 15.7. The maximum absolute atomic E-state index is 12.8. The summed E-state index contributed by atoms with van der Waals surface area (Å²) in [5.41, 5.74) is 0. The first-order chi connectivity index (χ1) is 10.5. The normalized spacial score (nSPS) is 32.6. The maximum Gasteiger partial charge on any atom is 0.246 e. The van der Waals surface area contributed by atoms with Gasteiger partial charge in [-0.25, -0.2) is 0 Å². The number of hydrogen-bond acceptors (Lipinski definition) is 4. The number of rotatable bonds is 4. The van der Waals surface area contributed by atoms with Crippen LogP contribution in [0.3, 0.4) is 0 Å². The summed E-state index contributed by atoms with van der Waals surface area (Å²) in [7, 11) is 0. The molecule has 0 bridgehead atoms. The van der Waals surface area contributed by atoms with Crippen LogP contribution in [0.15, 0.2) is 0 Å². The molecule has 0 aromatic carbocycles. The smallest absolute Gasteiger partial charge is 0.246 e. The van der Waals surface area contributed by atoms with Crippen LogP contribution in [0.2, 0.25) is 0 Å². The second-order valence-electron chi connectivity index (χ2n) is 6.69. The van der Waals surface area contributed by atoms with Crippen LogP contribution in [0.25, 0.3) is 0 Å². The number of thioether (sulfide) groups is 1. The lowest BCUT2D eigenvalue weighted by atomic mass is 9.97. The van der Waals surface area contributed by atoms with E-state index in [4.69, 9.17) is 4.74 Å². The van der Waals surface area contributed by atoms with Crippen LogP contribution >= 0.6 is 11.8 Å². The highest BCUT2D eigenvalue weighted by Gasteiger charge is 2.53. The lowest BCUT2D eigenvalue weighted by Gasteiger charge is -2.36. The van der Waals surface area contributed by atoms with E-state index in [1.165, 1.54) is 0 Å². The number of carbonyl (C=O) groups excluding carboxylic acids is 2. The van der Waals surface area contributed by atoms with Crippen molar-refractivity contribution in [2.24, 2.45) is 5.92 Å². The van der Waals surface area contributed by atoms with E-state index in [0.717, 1.165) is 51.3 Å². The fraction of sp³-hybridized carbons (Fsp3) is 0.875. The van der Waals surface area contributed by atoms with Crippen LogP contribution < -0.4 is 0 Å². The van der Waals surface area contributed by atoms with Crippen LogP contribution in [0.1, 0.15) is 39.5 Å². The highest BCUT2D eigenvalue weighted by molar-refractivity contribution is 8.01. The first-order valence-corrected chi connectivity index (χ1v) is 9.36. The van der Waals surface area contributed by atoms with Crippen molar-refractivity contribution in [2.75, 3.05) is 32.1 Å². The number of amides is 2. The fourth-order valence-electron chi connectivity index (χ4n) is 3.82. The predicted octanol–water partition coefficient (Wildman–Crippen LogP) is 1.72. The Bertz CT molecular complexity index is 451. The molecule has 0 saturated carbocycles. The number of ether oxygens (including phenoxy) is 1. The fourth-order valence-corrected chi connectivity index (χ4v) is 5.24. The van der Waals surface area contributed by atoms with Gasteiger partial charge in [0, 0.05) is 38.5 Å². The Hall–Kier alpha value is -0.750. The van der Waals surface area contributed by atoms with E-state index >= 15 is 0 Å². The Labute approximate surface area is 136 Å². The molecule has 3 rings (SSSR count). The summed E-state index contributed by atoms with van der Waals surface area (Å²) in [5.74, 6) is 1.62. The number of likely N-dealkylation sites (tertiary alicyclic amines) is 1. The van der Waals surface area contributed by atoms with Crippen molar-refractivity contribution in [1.29, 1.82) is 0 Å². The van der Waals surface area contributed by atoms with Crippen molar-refractivity contribution in [3.8, 4) is 0 Å². The van der Waals surface area contributed by atoms with Crippen molar-refractivity contribution < 1.29 is 14.3 Å². The van der Waals surface area contributed by atoms with Crippen LogP contribution in [0.4, 0.5) is 0 Å². The Morgan fingerprint density at radius 2 is 2.14 bits per heavy atom. The first-order valence-electron chi connectivity index (χ1n) is 8.38. The minimum Gasteiger partial charge on any atom is -0.381 e. The number of carbonyl (C=O) groups is 2. The van der Waals surface area contributed by atoms with E-state index in [-0.39, 0.29) is 22.7 Å². The van der Waals surface area contributed by atoms with E-state index in [2.05, 4.69) is 6.92 Å². The molecule has 0 radical (unpaired) electrons. The van der Waals surface area contributed by atoms with Crippen molar-refractivity contribution in [3.63, 3.8) is 0 Å². The highest BCUT2D eigenvalue weighted by atomic mass is 32.2. The number of fused-ring (bicyclic) bond motifs is 1. The summed E-state index contributed by atoms with van der Waals surface area (Å²) in [4.78, 5) is 28.7. The maximum atomic E-state index is 12.8. The molecule has 2 unspecified atom stereocenters. The Morgan fingerprint density at radius 3 is 2.82 bits per heavy atom. The Balaban J connectivity index is 1.58. The molecule has 22 heavy (non-hydrogen) atoms. The molecule has 6 heteroatoms. The molecule has 5 nitrogen and oxygen atoms in total. The predicted molar refractivity (Wildman–Crippen MR) is 86.5 cm³/mol. The second-order valence-corrected chi connectivity index (χ2v) is 8.20. The van der Waals surface area contributed by atoms with Gasteiger partial charge in [-0.1, -0.05) is 0 Å². The average molecular weight is 326 g/mol. The topological polar surface area (TPSA) is 49.9 Å². The summed E-state index contributed by atoms with van der Waals surface area (Å²) >= 11 is 1.77. The molecule has 0 aromatic rings. The van der Waals surface area contributed by atoms with Gasteiger partial charge < -0.3 is 14.5 Å². The Kier molecular flexibility index (Phi) is 4.69. The van der Waals surface area contributed by atoms with E-state index in [1.807, 2.05) is 16.7 Å². The number of piperidine rings is 1. The molecule has 0 N–H and O–H groups in total. The molecule has 0 aliphatic carbocycles. The van der Waals surface area contributed by atoms with Gasteiger partial charge in [-0.05, 0) is 39.0 Å². The van der Waals surface area contributed by atoms with E-state index in [1.54, 1.807) is 11.8 Å². The van der Waals surface area contributed by atoms with E-state index in [0.29, 0.717) is 12.3 Å². The summed E-state index contributed by atoms with van der Waals surface area (Å²) in [6, 6.07) is -0.242. The lowest BCUT2D eigenvalue weighted by Crippen LogP contribution is -2.53. The lowest BCUT2D eigenvalue weighted by molar-refractivity contribution is -0.144. The molecule has 2 atom stereocenters. The number of hydrogen-bond donors (Lipinski definition) is 0. The molecular weight excluding hydrogens is 300 g/mol. The quantitative estimate of drug-likeness (QED) is 0.789. The van der Waals surface area contributed by atoms with Crippen LogP contribution in [0, 0.1) is 5.92 Å². The third-order valence-electron chi connectivity index (χ3n) is 5.21. The monoisotopic (exact) mass is 326 g/mol. The second kappa shape index (κ2) is 6.40. The van der Waals surface area contributed by atoms with Gasteiger partial charge in [-0.15, -0.1) is 11.8 Å². The van der Waals surface area contributed by atoms with Gasteiger partial charge in [0.2, 0.25) is 11.8 Å². The van der Waals surface area contributed by atoms with Gasteiger partial charge in [0.05, 0.1) is 4.87 Å². The SMILES string of the molecule is CCOCC1CCN(C(=O)C2CSC3(C)CCC(=O)N23)CC1. The average Bonchev–Trinajstić information content (AvgIpc) is 3.02. The van der Waals surface area contributed by atoms with Gasteiger partial charge in [-0.3, -0.25) is 9.59 Å². The van der Waals surface area contributed by atoms with Crippen LogP contribution in [-0.2, 0) is 14.3 Å². The Morgan fingerprint density at radius 1 is 1.41 bits per heavy atom. The molecule has 3 heterocycles. The van der Waals surface area contributed by atoms with E-state index in [9.17, 15) is 9.59 Å². The molecule has 2 amide bonds. The molecule has 3 aliphatic rings. The molecule has 3 aliphatic heterocycles. The van der Waals surface area contributed by atoms with Crippen molar-refractivity contribution in [1.82, 2.24) is 9.80 Å². The van der Waals surface area contributed by atoms with Gasteiger partial charge in [-0.2, -0.15) is 0 Å². The third-order valence-corrected chi connectivity index (χ3v) is 6.72. The van der Waals surface area contributed by atoms with Crippen molar-refractivity contribution in [2.45, 2.75) is 50.4 Å². The molecular formula is C16H26N2O3S. The summed E-state index contributed by atoms with van der Waals surface area (Å²) in [6.45, 7) is 7.28.